The summed E-state index contributed by atoms with van der Waals surface area (Å²) in [5.74, 6) is 0.784. The Balaban J connectivity index is 2.04. The number of ether oxygens (including phenoxy) is 1. The van der Waals surface area contributed by atoms with E-state index in [4.69, 9.17) is 4.74 Å². The molecule has 1 fully saturated rings. The Morgan fingerprint density at radius 2 is 1.86 bits per heavy atom. The summed E-state index contributed by atoms with van der Waals surface area (Å²) in [5.41, 5.74) is 0.411. The van der Waals surface area contributed by atoms with Crippen LogP contribution in [0.5, 0.6) is 0 Å². The monoisotopic (exact) mass is 292 g/mol. The maximum Gasteiger partial charge on any atom is 0.274 e. The number of nitrogens with zero attached hydrogens (tertiary/aromatic N) is 4. The van der Waals surface area contributed by atoms with Gasteiger partial charge < -0.3 is 14.5 Å². The quantitative estimate of drug-likeness (QED) is 0.796. The van der Waals surface area contributed by atoms with E-state index in [1.165, 1.54) is 0 Å². The standard InChI is InChI=1S/C15H24N4O2/c1-3-7-18(8-4-2)14-6-5-13(16-17-14)15(20)19-9-11-21-12-10-19/h5-6H,3-4,7-12H2,1-2H3. The Morgan fingerprint density at radius 1 is 1.19 bits per heavy atom. The molecule has 6 nitrogen and oxygen atoms in total. The van der Waals surface area contributed by atoms with Gasteiger partial charge in [-0.3, -0.25) is 4.79 Å². The van der Waals surface area contributed by atoms with Crippen LogP contribution in [0.3, 0.4) is 0 Å². The van der Waals surface area contributed by atoms with Crippen LogP contribution in [-0.4, -0.2) is 60.4 Å². The van der Waals surface area contributed by atoms with Crippen LogP contribution in [0.4, 0.5) is 5.82 Å². The smallest absolute Gasteiger partial charge is 0.274 e. The largest absolute Gasteiger partial charge is 0.378 e. The maximum absolute atomic E-state index is 12.3. The molecule has 0 bridgehead atoms. The van der Waals surface area contributed by atoms with Crippen LogP contribution in [0.2, 0.25) is 0 Å². The van der Waals surface area contributed by atoms with Crippen molar-refractivity contribution in [2.75, 3.05) is 44.3 Å². The topological polar surface area (TPSA) is 58.6 Å². The lowest BCUT2D eigenvalue weighted by Crippen LogP contribution is -2.41. The Labute approximate surface area is 126 Å². The number of aromatic nitrogens is 2. The highest BCUT2D eigenvalue weighted by Gasteiger charge is 2.20. The van der Waals surface area contributed by atoms with Crippen molar-refractivity contribution in [2.24, 2.45) is 0 Å². The molecule has 0 radical (unpaired) electrons. The number of morpholine rings is 1. The zero-order chi connectivity index (χ0) is 15.1. The van der Waals surface area contributed by atoms with Gasteiger partial charge in [0.15, 0.2) is 11.5 Å². The van der Waals surface area contributed by atoms with E-state index < -0.39 is 0 Å². The number of carbonyl (C=O) groups is 1. The molecule has 6 heteroatoms. The second kappa shape index (κ2) is 7.93. The molecule has 0 aromatic carbocycles. The van der Waals surface area contributed by atoms with E-state index in [0.29, 0.717) is 32.0 Å². The van der Waals surface area contributed by atoms with Crippen LogP contribution < -0.4 is 4.90 Å². The molecule has 1 aromatic heterocycles. The normalized spacial score (nSPS) is 15.0. The molecule has 1 aliphatic rings. The van der Waals surface area contributed by atoms with Crippen molar-refractivity contribution in [1.29, 1.82) is 0 Å². The first-order valence-electron chi connectivity index (χ1n) is 7.72. The predicted molar refractivity (Wildman–Crippen MR) is 81.5 cm³/mol. The molecular formula is C15H24N4O2. The van der Waals surface area contributed by atoms with Crippen molar-refractivity contribution < 1.29 is 9.53 Å². The Hall–Kier alpha value is -1.69. The average molecular weight is 292 g/mol. The van der Waals surface area contributed by atoms with E-state index in [0.717, 1.165) is 31.7 Å². The van der Waals surface area contributed by atoms with Gasteiger partial charge in [0.05, 0.1) is 13.2 Å². The number of rotatable bonds is 6. The summed E-state index contributed by atoms with van der Waals surface area (Å²) in [4.78, 5) is 16.3. The Kier molecular flexibility index (Phi) is 5.92. The van der Waals surface area contributed by atoms with Gasteiger partial charge in [-0.1, -0.05) is 13.8 Å². The molecule has 1 saturated heterocycles. The fraction of sp³-hybridized carbons (Fsp3) is 0.667. The highest BCUT2D eigenvalue weighted by molar-refractivity contribution is 5.92. The van der Waals surface area contributed by atoms with Crippen molar-refractivity contribution in [3.05, 3.63) is 17.8 Å². The first kappa shape index (κ1) is 15.7. The van der Waals surface area contributed by atoms with Crippen molar-refractivity contribution in [3.63, 3.8) is 0 Å². The van der Waals surface area contributed by atoms with Gasteiger partial charge in [0.2, 0.25) is 0 Å². The van der Waals surface area contributed by atoms with Crippen LogP contribution in [0.25, 0.3) is 0 Å². The van der Waals surface area contributed by atoms with Gasteiger partial charge in [-0.2, -0.15) is 0 Å². The highest BCUT2D eigenvalue weighted by Crippen LogP contribution is 2.12. The molecular weight excluding hydrogens is 268 g/mol. The Morgan fingerprint density at radius 3 is 2.38 bits per heavy atom. The molecule has 0 aliphatic carbocycles. The molecule has 1 aromatic rings. The zero-order valence-electron chi connectivity index (χ0n) is 12.9. The number of amides is 1. The van der Waals surface area contributed by atoms with E-state index in [2.05, 4.69) is 28.9 Å². The molecule has 1 aliphatic heterocycles. The molecule has 0 unspecified atom stereocenters. The van der Waals surface area contributed by atoms with Gasteiger partial charge in [0.25, 0.3) is 5.91 Å². The first-order chi connectivity index (χ1) is 10.3. The summed E-state index contributed by atoms with van der Waals surface area (Å²) >= 11 is 0. The molecule has 0 atom stereocenters. The van der Waals surface area contributed by atoms with Crippen LogP contribution >= 0.6 is 0 Å². The predicted octanol–water partition coefficient (Wildman–Crippen LogP) is 1.58. The fourth-order valence-corrected chi connectivity index (χ4v) is 2.42. The third-order valence-corrected chi connectivity index (χ3v) is 3.48. The highest BCUT2D eigenvalue weighted by atomic mass is 16.5. The Bertz CT molecular complexity index is 437. The zero-order valence-corrected chi connectivity index (χ0v) is 12.9. The lowest BCUT2D eigenvalue weighted by atomic mass is 10.3. The fourth-order valence-electron chi connectivity index (χ4n) is 2.42. The van der Waals surface area contributed by atoms with Crippen molar-refractivity contribution in [1.82, 2.24) is 15.1 Å². The first-order valence-corrected chi connectivity index (χ1v) is 7.72. The molecule has 2 heterocycles. The maximum atomic E-state index is 12.3. The van der Waals surface area contributed by atoms with Gasteiger partial charge in [0.1, 0.15) is 0 Å². The molecule has 116 valence electrons. The van der Waals surface area contributed by atoms with Gasteiger partial charge in [-0.05, 0) is 25.0 Å². The van der Waals surface area contributed by atoms with E-state index in [9.17, 15) is 4.79 Å². The van der Waals surface area contributed by atoms with Crippen molar-refractivity contribution in [3.8, 4) is 0 Å². The van der Waals surface area contributed by atoms with Crippen molar-refractivity contribution in [2.45, 2.75) is 26.7 Å². The van der Waals surface area contributed by atoms with E-state index in [1.54, 1.807) is 11.0 Å². The molecule has 21 heavy (non-hydrogen) atoms. The second-order valence-electron chi connectivity index (χ2n) is 5.17. The van der Waals surface area contributed by atoms with Crippen LogP contribution in [0.1, 0.15) is 37.2 Å². The molecule has 2 rings (SSSR count). The third kappa shape index (κ3) is 4.14. The summed E-state index contributed by atoms with van der Waals surface area (Å²) in [6.07, 6.45) is 2.13. The third-order valence-electron chi connectivity index (χ3n) is 3.48. The lowest BCUT2D eigenvalue weighted by Gasteiger charge is -2.26. The summed E-state index contributed by atoms with van der Waals surface area (Å²) < 4.78 is 5.25. The summed E-state index contributed by atoms with van der Waals surface area (Å²) in [7, 11) is 0. The van der Waals surface area contributed by atoms with E-state index in [1.807, 2.05) is 6.07 Å². The minimum absolute atomic E-state index is 0.0603. The summed E-state index contributed by atoms with van der Waals surface area (Å²) in [6.45, 7) is 8.65. The van der Waals surface area contributed by atoms with Gasteiger partial charge >= 0.3 is 0 Å². The van der Waals surface area contributed by atoms with Gasteiger partial charge in [0, 0.05) is 26.2 Å². The molecule has 1 amide bonds. The van der Waals surface area contributed by atoms with Gasteiger partial charge in [-0.25, -0.2) is 0 Å². The number of hydrogen-bond acceptors (Lipinski definition) is 5. The molecule has 0 spiro atoms. The van der Waals surface area contributed by atoms with Crippen molar-refractivity contribution >= 4 is 11.7 Å². The van der Waals surface area contributed by atoms with Gasteiger partial charge in [-0.15, -0.1) is 10.2 Å². The minimum atomic E-state index is -0.0603. The lowest BCUT2D eigenvalue weighted by molar-refractivity contribution is 0.0298. The summed E-state index contributed by atoms with van der Waals surface area (Å²) in [6, 6.07) is 3.67. The minimum Gasteiger partial charge on any atom is -0.378 e. The molecule has 0 saturated carbocycles. The second-order valence-corrected chi connectivity index (χ2v) is 5.17. The van der Waals surface area contributed by atoms with E-state index in [-0.39, 0.29) is 5.91 Å². The average Bonchev–Trinajstić information content (AvgIpc) is 2.55. The van der Waals surface area contributed by atoms with Crippen LogP contribution in [-0.2, 0) is 4.74 Å². The van der Waals surface area contributed by atoms with E-state index >= 15 is 0 Å². The van der Waals surface area contributed by atoms with Crippen LogP contribution in [0, 0.1) is 0 Å². The number of hydrogen-bond donors (Lipinski definition) is 0. The summed E-state index contributed by atoms with van der Waals surface area (Å²) in [5, 5.41) is 8.34. The number of anilines is 1. The SMILES string of the molecule is CCCN(CCC)c1ccc(C(=O)N2CCOCC2)nn1. The number of carbonyl (C=O) groups excluding carboxylic acids is 1. The van der Waals surface area contributed by atoms with Crippen LogP contribution in [0.15, 0.2) is 12.1 Å². The molecule has 0 N–H and O–H groups in total.